The molecule has 116 valence electrons. The summed E-state index contributed by atoms with van der Waals surface area (Å²) in [6.07, 6.45) is 3.01. The lowest BCUT2D eigenvalue weighted by atomic mass is 10.2. The van der Waals surface area contributed by atoms with E-state index < -0.39 is 0 Å². The third kappa shape index (κ3) is 4.56. The fourth-order valence-corrected chi connectivity index (χ4v) is 2.56. The molecule has 1 aromatic heterocycles. The molecule has 1 amide bonds. The van der Waals surface area contributed by atoms with Crippen molar-refractivity contribution in [2.24, 2.45) is 0 Å². The molecule has 1 heterocycles. The number of nitrogens with zero attached hydrogens (tertiary/aromatic N) is 1. The number of anilines is 2. The van der Waals surface area contributed by atoms with Gasteiger partial charge in [0, 0.05) is 9.77 Å². The van der Waals surface area contributed by atoms with Crippen molar-refractivity contribution < 1.29 is 9.63 Å². The van der Waals surface area contributed by atoms with E-state index in [-0.39, 0.29) is 12.0 Å². The molecule has 0 bridgehead atoms. The van der Waals surface area contributed by atoms with Crippen molar-refractivity contribution in [3.05, 3.63) is 50.8 Å². The lowest BCUT2D eigenvalue weighted by Gasteiger charge is -2.13. The van der Waals surface area contributed by atoms with Crippen LogP contribution < -0.4 is 10.8 Å². The molecule has 0 unspecified atom stereocenters. The van der Waals surface area contributed by atoms with Gasteiger partial charge in [0.2, 0.25) is 0 Å². The normalized spacial score (nSPS) is 10.6. The molecule has 2 rings (SSSR count). The van der Waals surface area contributed by atoms with Gasteiger partial charge in [0.25, 0.3) is 5.91 Å². The lowest BCUT2D eigenvalue weighted by Crippen LogP contribution is -2.27. The second kappa shape index (κ2) is 7.75. The highest BCUT2D eigenvalue weighted by molar-refractivity contribution is 14.1. The highest BCUT2D eigenvalue weighted by Crippen LogP contribution is 2.28. The number of benzene rings is 1. The summed E-state index contributed by atoms with van der Waals surface area (Å²) in [7, 11) is 0. The number of halogens is 2. The monoisotopic (exact) mass is 431 g/mol. The Labute approximate surface area is 147 Å². The zero-order valence-corrected chi connectivity index (χ0v) is 15.0. The second-order valence-corrected chi connectivity index (χ2v) is 6.42. The number of rotatable bonds is 5. The van der Waals surface area contributed by atoms with Gasteiger partial charge in [0.15, 0.2) is 0 Å². The topological polar surface area (TPSA) is 63.2 Å². The minimum Gasteiger partial charge on any atom is -0.352 e. The van der Waals surface area contributed by atoms with Crippen molar-refractivity contribution in [3.8, 4) is 0 Å². The smallest absolute Gasteiger partial charge is 0.277 e. The quantitative estimate of drug-likeness (QED) is 0.551. The predicted molar refractivity (Wildman–Crippen MR) is 95.4 cm³/mol. The van der Waals surface area contributed by atoms with Gasteiger partial charge in [0.1, 0.15) is 0 Å². The summed E-state index contributed by atoms with van der Waals surface area (Å²) in [5.41, 5.74) is 4.08. The van der Waals surface area contributed by atoms with Crippen molar-refractivity contribution in [1.29, 1.82) is 0 Å². The van der Waals surface area contributed by atoms with Crippen LogP contribution in [0.4, 0.5) is 11.4 Å². The fourth-order valence-electron chi connectivity index (χ4n) is 1.65. The number of hydrogen-bond acceptors (Lipinski definition) is 4. The van der Waals surface area contributed by atoms with Crippen LogP contribution in [0.15, 0.2) is 36.7 Å². The highest BCUT2D eigenvalue weighted by Gasteiger charge is 2.13. The number of carbonyl (C=O) groups is 1. The number of nitrogens with one attached hydrogen (secondary N) is 2. The Balaban J connectivity index is 2.22. The molecule has 0 radical (unpaired) electrons. The molecule has 1 aromatic carbocycles. The molecule has 0 atom stereocenters. The number of hydrogen-bond donors (Lipinski definition) is 2. The van der Waals surface area contributed by atoms with E-state index in [0.717, 1.165) is 3.57 Å². The van der Waals surface area contributed by atoms with Crippen molar-refractivity contribution in [2.75, 3.05) is 5.32 Å². The van der Waals surface area contributed by atoms with Crippen LogP contribution >= 0.6 is 34.2 Å². The highest BCUT2D eigenvalue weighted by atomic mass is 127. The van der Waals surface area contributed by atoms with Crippen molar-refractivity contribution >= 4 is 51.5 Å². The van der Waals surface area contributed by atoms with E-state index >= 15 is 0 Å². The standard InChI is InChI=1S/C15H15ClIN3O2/c1-9(2)22-20-15(21)11-5-6-18-8-14(11)19-13-4-3-10(17)7-12(13)16/h3-9,19H,1-2H3,(H,20,21). The van der Waals surface area contributed by atoms with Crippen molar-refractivity contribution in [3.63, 3.8) is 0 Å². The largest absolute Gasteiger partial charge is 0.352 e. The predicted octanol–water partition coefficient (Wildman–Crippen LogP) is 4.15. The van der Waals surface area contributed by atoms with Crippen molar-refractivity contribution in [1.82, 2.24) is 10.5 Å². The van der Waals surface area contributed by atoms with E-state index in [9.17, 15) is 4.79 Å². The molecule has 0 aliphatic heterocycles. The van der Waals surface area contributed by atoms with Crippen LogP contribution in [0.1, 0.15) is 24.2 Å². The molecule has 0 saturated carbocycles. The van der Waals surface area contributed by atoms with Gasteiger partial charge in [-0.3, -0.25) is 14.6 Å². The van der Waals surface area contributed by atoms with Gasteiger partial charge in [-0.1, -0.05) is 11.6 Å². The first-order chi connectivity index (χ1) is 10.5. The summed E-state index contributed by atoms with van der Waals surface area (Å²) in [5.74, 6) is -0.347. The number of pyridine rings is 1. The molecule has 0 aliphatic carbocycles. The molecular formula is C15H15ClIN3O2. The molecule has 2 aromatic rings. The van der Waals surface area contributed by atoms with E-state index in [2.05, 4.69) is 38.4 Å². The van der Waals surface area contributed by atoms with E-state index in [1.54, 1.807) is 18.5 Å². The minimum absolute atomic E-state index is 0.104. The summed E-state index contributed by atoms with van der Waals surface area (Å²) < 4.78 is 1.03. The van der Waals surface area contributed by atoms with Crippen LogP contribution in [0, 0.1) is 3.57 Å². The Morgan fingerprint density at radius 2 is 2.09 bits per heavy atom. The second-order valence-electron chi connectivity index (χ2n) is 4.77. The Morgan fingerprint density at radius 1 is 1.32 bits per heavy atom. The Bertz CT molecular complexity index is 680. The number of hydroxylamine groups is 1. The average Bonchev–Trinajstić information content (AvgIpc) is 2.48. The molecule has 0 aliphatic rings. The summed E-state index contributed by atoms with van der Waals surface area (Å²) in [6, 6.07) is 7.22. The zero-order chi connectivity index (χ0) is 16.1. The Hall–Kier alpha value is -1.38. The van der Waals surface area contributed by atoms with Gasteiger partial charge in [-0.25, -0.2) is 5.48 Å². The van der Waals surface area contributed by atoms with Crippen LogP contribution in [-0.2, 0) is 4.84 Å². The maximum Gasteiger partial charge on any atom is 0.277 e. The Morgan fingerprint density at radius 3 is 2.77 bits per heavy atom. The summed E-state index contributed by atoms with van der Waals surface area (Å²) in [4.78, 5) is 21.3. The van der Waals surface area contributed by atoms with Crippen LogP contribution in [0.2, 0.25) is 5.02 Å². The molecule has 22 heavy (non-hydrogen) atoms. The molecule has 2 N–H and O–H groups in total. The lowest BCUT2D eigenvalue weighted by molar-refractivity contribution is 0.000239. The van der Waals surface area contributed by atoms with E-state index in [0.29, 0.717) is 22.0 Å². The summed E-state index contributed by atoms with van der Waals surface area (Å²) >= 11 is 8.38. The van der Waals surface area contributed by atoms with E-state index in [1.165, 1.54) is 0 Å². The number of amides is 1. The maximum atomic E-state index is 12.2. The minimum atomic E-state index is -0.347. The van der Waals surface area contributed by atoms with Gasteiger partial charge >= 0.3 is 0 Å². The molecule has 0 saturated heterocycles. The van der Waals surface area contributed by atoms with Gasteiger partial charge < -0.3 is 5.32 Å². The van der Waals surface area contributed by atoms with Gasteiger partial charge in [-0.2, -0.15) is 0 Å². The number of carbonyl (C=O) groups excluding carboxylic acids is 1. The SMILES string of the molecule is CC(C)ONC(=O)c1ccncc1Nc1ccc(I)cc1Cl. The molecule has 5 nitrogen and oxygen atoms in total. The molecule has 0 fully saturated rings. The van der Waals surface area contributed by atoms with E-state index in [4.69, 9.17) is 16.4 Å². The van der Waals surface area contributed by atoms with E-state index in [1.807, 2.05) is 32.0 Å². The van der Waals surface area contributed by atoms with Gasteiger partial charge in [-0.05, 0) is 60.7 Å². The van der Waals surface area contributed by atoms with Crippen LogP contribution in [0.3, 0.4) is 0 Å². The first-order valence-electron chi connectivity index (χ1n) is 6.59. The van der Waals surface area contributed by atoms with Crippen LogP contribution in [0.25, 0.3) is 0 Å². The fraction of sp³-hybridized carbons (Fsp3) is 0.200. The molecule has 0 spiro atoms. The first-order valence-corrected chi connectivity index (χ1v) is 8.05. The molecular weight excluding hydrogens is 417 g/mol. The molecule has 7 heteroatoms. The van der Waals surface area contributed by atoms with Crippen LogP contribution in [-0.4, -0.2) is 17.0 Å². The van der Waals surface area contributed by atoms with Gasteiger partial charge in [-0.15, -0.1) is 0 Å². The third-order valence-corrected chi connectivity index (χ3v) is 3.64. The van der Waals surface area contributed by atoms with Gasteiger partial charge in [0.05, 0.1) is 34.3 Å². The average molecular weight is 432 g/mol. The zero-order valence-electron chi connectivity index (χ0n) is 12.1. The van der Waals surface area contributed by atoms with Crippen LogP contribution in [0.5, 0.6) is 0 Å². The number of aromatic nitrogens is 1. The third-order valence-electron chi connectivity index (χ3n) is 2.65. The van der Waals surface area contributed by atoms with Crippen molar-refractivity contribution in [2.45, 2.75) is 20.0 Å². The summed E-state index contributed by atoms with van der Waals surface area (Å²) in [5, 5.41) is 3.69. The Kier molecular flexibility index (Phi) is 5.98. The first kappa shape index (κ1) is 17.0. The maximum absolute atomic E-state index is 12.2. The summed E-state index contributed by atoms with van der Waals surface area (Å²) in [6.45, 7) is 3.66.